The maximum atomic E-state index is 12.7. The zero-order chi connectivity index (χ0) is 43.4. The van der Waals surface area contributed by atoms with Crippen LogP contribution in [-0.4, -0.2) is 75.6 Å². The van der Waals surface area contributed by atoms with Crippen LogP contribution in [0.25, 0.3) is 0 Å². The maximum absolute atomic E-state index is 12.7. The summed E-state index contributed by atoms with van der Waals surface area (Å²) in [6.45, 7) is 5.45. The number of hydrogen-bond donors (Lipinski definition) is 1. The van der Waals surface area contributed by atoms with Crippen LogP contribution >= 0.6 is 7.82 Å². The third-order valence-electron chi connectivity index (χ3n) is 10.4. The Morgan fingerprint density at radius 2 is 0.983 bits per heavy atom. The first-order chi connectivity index (χ1) is 28.6. The van der Waals surface area contributed by atoms with E-state index in [-0.39, 0.29) is 25.8 Å². The van der Waals surface area contributed by atoms with Crippen LogP contribution in [0, 0.1) is 0 Å². The quantitative estimate of drug-likeness (QED) is 0.0214. The number of allylic oxidation sites excluding steroid dienone is 8. The standard InChI is InChI=1S/C50H94NO7P/c1-6-8-10-12-14-16-18-20-22-24-25-26-27-28-29-31-33-35-37-39-41-43-50(52)58-49(48-57-59(53,54)56-46-44-51(3,4)5)47-55-45-42-40-38-36-34-32-30-23-21-19-17-15-13-11-9-7-2/h9,11,15,17,21,23,32,34,49H,6-8,10,12-14,16,18-20,22,24-31,33,35-48H2,1-5H3/p+1/b11-9-,17-15-,23-21-,34-32-. The van der Waals surface area contributed by atoms with Crippen molar-refractivity contribution in [2.24, 2.45) is 0 Å². The topological polar surface area (TPSA) is 91.3 Å². The van der Waals surface area contributed by atoms with E-state index in [1.54, 1.807) is 0 Å². The highest BCUT2D eigenvalue weighted by Crippen LogP contribution is 2.43. The number of unbranched alkanes of at least 4 members (excludes halogenated alkanes) is 23. The van der Waals surface area contributed by atoms with Crippen molar-refractivity contribution < 1.29 is 37.3 Å². The van der Waals surface area contributed by atoms with Crippen molar-refractivity contribution in [1.29, 1.82) is 0 Å². The average molecular weight is 853 g/mol. The number of carbonyl (C=O) groups is 1. The molecule has 0 amide bonds. The Labute approximate surface area is 365 Å². The number of phosphoric acid groups is 1. The SMILES string of the molecule is CC/C=C\C/C=C\C/C=C\C/C=C\CCCCCOCC(COP(=O)(O)OCC[N+](C)(C)C)OC(=O)CCCCCCCCCCCCCCCCCCCCCCC. The van der Waals surface area contributed by atoms with Crippen LogP contribution in [0.5, 0.6) is 0 Å². The van der Waals surface area contributed by atoms with Crippen LogP contribution < -0.4 is 0 Å². The second kappa shape index (κ2) is 43.1. The van der Waals surface area contributed by atoms with Crippen molar-refractivity contribution in [2.45, 2.75) is 213 Å². The molecular formula is C50H95NO7P+. The van der Waals surface area contributed by atoms with E-state index >= 15 is 0 Å². The van der Waals surface area contributed by atoms with Crippen molar-refractivity contribution in [1.82, 2.24) is 0 Å². The summed E-state index contributed by atoms with van der Waals surface area (Å²) in [5, 5.41) is 0. The van der Waals surface area contributed by atoms with Gasteiger partial charge < -0.3 is 18.9 Å². The second-order valence-electron chi connectivity index (χ2n) is 17.5. The van der Waals surface area contributed by atoms with Crippen LogP contribution in [0.15, 0.2) is 48.6 Å². The highest BCUT2D eigenvalue weighted by Gasteiger charge is 2.26. The highest BCUT2D eigenvalue weighted by molar-refractivity contribution is 7.47. The minimum absolute atomic E-state index is 0.0820. The smallest absolute Gasteiger partial charge is 0.457 e. The fourth-order valence-corrected chi connectivity index (χ4v) is 7.40. The van der Waals surface area contributed by atoms with E-state index in [9.17, 15) is 14.3 Å². The minimum atomic E-state index is -4.29. The number of carbonyl (C=O) groups excluding carboxylic acids is 1. The predicted octanol–water partition coefficient (Wildman–Crippen LogP) is 14.7. The molecule has 59 heavy (non-hydrogen) atoms. The lowest BCUT2D eigenvalue weighted by atomic mass is 10.0. The third-order valence-corrected chi connectivity index (χ3v) is 11.4. The van der Waals surface area contributed by atoms with Gasteiger partial charge in [0.05, 0.1) is 34.4 Å². The van der Waals surface area contributed by atoms with Crippen LogP contribution in [0.2, 0.25) is 0 Å². The first-order valence-electron chi connectivity index (χ1n) is 24.4. The number of rotatable bonds is 45. The van der Waals surface area contributed by atoms with Gasteiger partial charge in [-0.2, -0.15) is 0 Å². The van der Waals surface area contributed by atoms with E-state index in [1.165, 1.54) is 116 Å². The zero-order valence-corrected chi connectivity index (χ0v) is 40.1. The number of quaternary nitrogens is 1. The normalized spacial score (nSPS) is 14.1. The second-order valence-corrected chi connectivity index (χ2v) is 18.9. The average Bonchev–Trinajstić information content (AvgIpc) is 3.19. The molecular weight excluding hydrogens is 758 g/mol. The van der Waals surface area contributed by atoms with Gasteiger partial charge in [-0.15, -0.1) is 0 Å². The largest absolute Gasteiger partial charge is 0.472 e. The summed E-state index contributed by atoms with van der Waals surface area (Å²) in [4.78, 5) is 23.0. The fraction of sp³-hybridized carbons (Fsp3) is 0.820. The number of hydrogen-bond acceptors (Lipinski definition) is 6. The van der Waals surface area contributed by atoms with E-state index in [0.29, 0.717) is 24.1 Å². The van der Waals surface area contributed by atoms with Crippen molar-refractivity contribution >= 4 is 13.8 Å². The fourth-order valence-electron chi connectivity index (χ4n) is 6.66. The molecule has 0 aliphatic rings. The Morgan fingerprint density at radius 1 is 0.542 bits per heavy atom. The van der Waals surface area contributed by atoms with Crippen molar-refractivity contribution in [3.05, 3.63) is 48.6 Å². The minimum Gasteiger partial charge on any atom is -0.457 e. The molecule has 8 nitrogen and oxygen atoms in total. The number of ether oxygens (including phenoxy) is 2. The molecule has 0 aliphatic heterocycles. The molecule has 0 heterocycles. The molecule has 2 atom stereocenters. The van der Waals surface area contributed by atoms with Gasteiger partial charge in [0.1, 0.15) is 19.3 Å². The summed E-state index contributed by atoms with van der Waals surface area (Å²) in [6, 6.07) is 0. The first kappa shape index (κ1) is 57.5. The highest BCUT2D eigenvalue weighted by atomic mass is 31.2. The molecule has 0 aromatic heterocycles. The van der Waals surface area contributed by atoms with Crippen molar-refractivity contribution in [3.8, 4) is 0 Å². The van der Waals surface area contributed by atoms with Crippen molar-refractivity contribution in [3.63, 3.8) is 0 Å². The van der Waals surface area contributed by atoms with Crippen LogP contribution in [-0.2, 0) is 27.9 Å². The van der Waals surface area contributed by atoms with Gasteiger partial charge in [-0.05, 0) is 51.4 Å². The molecule has 0 fully saturated rings. The van der Waals surface area contributed by atoms with Gasteiger partial charge in [0.2, 0.25) is 0 Å². The lowest BCUT2D eigenvalue weighted by molar-refractivity contribution is -0.870. The summed E-state index contributed by atoms with van der Waals surface area (Å²) < 4.78 is 35.0. The molecule has 0 saturated carbocycles. The molecule has 0 aromatic carbocycles. The Morgan fingerprint density at radius 3 is 1.46 bits per heavy atom. The van der Waals surface area contributed by atoms with E-state index in [0.717, 1.165) is 70.6 Å². The molecule has 346 valence electrons. The van der Waals surface area contributed by atoms with E-state index < -0.39 is 13.9 Å². The van der Waals surface area contributed by atoms with Crippen LogP contribution in [0.3, 0.4) is 0 Å². The summed E-state index contributed by atoms with van der Waals surface area (Å²) in [7, 11) is 1.65. The first-order valence-corrected chi connectivity index (χ1v) is 25.9. The summed E-state index contributed by atoms with van der Waals surface area (Å²) in [5.74, 6) is -0.323. The van der Waals surface area contributed by atoms with Gasteiger partial charge in [0.25, 0.3) is 0 Å². The summed E-state index contributed by atoms with van der Waals surface area (Å²) in [6.07, 6.45) is 53.0. The molecule has 0 bridgehead atoms. The number of esters is 1. The molecule has 2 unspecified atom stereocenters. The van der Waals surface area contributed by atoms with Gasteiger partial charge in [-0.25, -0.2) is 4.57 Å². The van der Waals surface area contributed by atoms with Gasteiger partial charge in [-0.1, -0.05) is 197 Å². The molecule has 0 spiro atoms. The van der Waals surface area contributed by atoms with Crippen LogP contribution in [0.4, 0.5) is 0 Å². The lowest BCUT2D eigenvalue weighted by Gasteiger charge is -2.24. The van der Waals surface area contributed by atoms with Gasteiger partial charge in [-0.3, -0.25) is 13.8 Å². The molecule has 1 N–H and O–H groups in total. The van der Waals surface area contributed by atoms with E-state index in [2.05, 4.69) is 62.5 Å². The monoisotopic (exact) mass is 853 g/mol. The van der Waals surface area contributed by atoms with E-state index in [4.69, 9.17) is 18.5 Å². The Hall–Kier alpha value is -1.54. The maximum Gasteiger partial charge on any atom is 0.472 e. The van der Waals surface area contributed by atoms with Gasteiger partial charge >= 0.3 is 13.8 Å². The molecule has 0 radical (unpaired) electrons. The van der Waals surface area contributed by atoms with E-state index in [1.807, 2.05) is 21.1 Å². The lowest BCUT2D eigenvalue weighted by Crippen LogP contribution is -2.37. The third kappa shape index (κ3) is 47.4. The molecule has 0 aliphatic carbocycles. The Balaban J connectivity index is 4.18. The van der Waals surface area contributed by atoms with Crippen molar-refractivity contribution in [2.75, 3.05) is 54.1 Å². The Bertz CT molecular complexity index is 1080. The Kier molecular flexibility index (Phi) is 42.0. The molecule has 0 aromatic rings. The zero-order valence-electron chi connectivity index (χ0n) is 39.2. The number of likely N-dealkylation sites (N-methyl/N-ethyl adjacent to an activating group) is 1. The molecule has 0 saturated heterocycles. The molecule has 9 heteroatoms. The summed E-state index contributed by atoms with van der Waals surface area (Å²) >= 11 is 0. The number of phosphoric ester groups is 1. The molecule has 0 rings (SSSR count). The summed E-state index contributed by atoms with van der Waals surface area (Å²) in [5.41, 5.74) is 0. The van der Waals surface area contributed by atoms with Crippen LogP contribution in [0.1, 0.15) is 206 Å². The predicted molar refractivity (Wildman–Crippen MR) is 252 cm³/mol. The number of nitrogens with zero attached hydrogens (tertiary/aromatic N) is 1. The van der Waals surface area contributed by atoms with Gasteiger partial charge in [0, 0.05) is 13.0 Å². The van der Waals surface area contributed by atoms with Gasteiger partial charge in [0.15, 0.2) is 0 Å².